The second-order valence-electron chi connectivity index (χ2n) is 4.74. The summed E-state index contributed by atoms with van der Waals surface area (Å²) < 4.78 is 0. The van der Waals surface area contributed by atoms with Crippen LogP contribution in [0.2, 0.25) is 0 Å². The molecule has 1 fully saturated rings. The van der Waals surface area contributed by atoms with Gasteiger partial charge in [0.25, 0.3) is 0 Å². The van der Waals surface area contributed by atoms with Crippen LogP contribution in [-0.2, 0) is 0 Å². The number of piperidine rings is 1. The Labute approximate surface area is 103 Å². The molecule has 0 radical (unpaired) electrons. The van der Waals surface area contributed by atoms with E-state index in [1.165, 1.54) is 12.8 Å². The summed E-state index contributed by atoms with van der Waals surface area (Å²) in [4.78, 5) is 2.31. The maximum absolute atomic E-state index is 9.17. The van der Waals surface area contributed by atoms with Crippen molar-refractivity contribution in [2.24, 2.45) is 5.73 Å². The first kappa shape index (κ1) is 11.9. The van der Waals surface area contributed by atoms with E-state index in [0.29, 0.717) is 6.04 Å². The number of hydrogen-bond donors (Lipinski definition) is 1. The van der Waals surface area contributed by atoms with Crippen molar-refractivity contribution in [1.29, 1.82) is 5.26 Å². The molecule has 1 aliphatic heterocycles. The maximum Gasteiger partial charge on any atom is 0.101 e. The summed E-state index contributed by atoms with van der Waals surface area (Å²) in [6.45, 7) is 3.06. The van der Waals surface area contributed by atoms with Gasteiger partial charge >= 0.3 is 0 Å². The summed E-state index contributed by atoms with van der Waals surface area (Å²) in [5.41, 5.74) is 7.85. The number of hydrogen-bond acceptors (Lipinski definition) is 3. The highest BCUT2D eigenvalue weighted by Gasteiger charge is 2.26. The third-order valence-electron chi connectivity index (χ3n) is 3.49. The molecule has 2 atom stereocenters. The minimum atomic E-state index is 0.141. The van der Waals surface area contributed by atoms with Crippen molar-refractivity contribution in [2.75, 3.05) is 11.4 Å². The molecular weight excluding hydrogens is 210 g/mol. The normalized spacial score (nSPS) is 21.9. The van der Waals surface area contributed by atoms with Crippen molar-refractivity contribution in [1.82, 2.24) is 0 Å². The van der Waals surface area contributed by atoms with Crippen molar-refractivity contribution in [3.63, 3.8) is 0 Å². The molecule has 90 valence electrons. The zero-order valence-corrected chi connectivity index (χ0v) is 10.3. The Balaban J connectivity index is 2.33. The molecule has 2 N–H and O–H groups in total. The van der Waals surface area contributed by atoms with E-state index in [4.69, 9.17) is 11.0 Å². The van der Waals surface area contributed by atoms with Gasteiger partial charge in [0, 0.05) is 18.6 Å². The molecule has 0 saturated carbocycles. The van der Waals surface area contributed by atoms with Crippen molar-refractivity contribution in [3.05, 3.63) is 29.8 Å². The molecule has 0 aliphatic carbocycles. The van der Waals surface area contributed by atoms with Crippen LogP contribution in [0.25, 0.3) is 0 Å². The minimum absolute atomic E-state index is 0.141. The minimum Gasteiger partial charge on any atom is -0.366 e. The molecule has 1 heterocycles. The van der Waals surface area contributed by atoms with Gasteiger partial charge in [-0.25, -0.2) is 0 Å². The molecule has 0 bridgehead atoms. The van der Waals surface area contributed by atoms with E-state index in [1.54, 1.807) is 0 Å². The fraction of sp³-hybridized carbons (Fsp3) is 0.500. The van der Waals surface area contributed by atoms with Crippen LogP contribution in [-0.4, -0.2) is 18.6 Å². The maximum atomic E-state index is 9.17. The number of benzene rings is 1. The zero-order valence-electron chi connectivity index (χ0n) is 10.3. The summed E-state index contributed by atoms with van der Waals surface area (Å²) >= 11 is 0. The van der Waals surface area contributed by atoms with E-state index < -0.39 is 0 Å². The largest absolute Gasteiger partial charge is 0.366 e. The first-order chi connectivity index (χ1) is 8.24. The average Bonchev–Trinajstić information content (AvgIpc) is 2.38. The highest BCUT2D eigenvalue weighted by Crippen LogP contribution is 2.28. The quantitative estimate of drug-likeness (QED) is 0.846. The molecule has 0 aromatic heterocycles. The van der Waals surface area contributed by atoms with Crippen LogP contribution < -0.4 is 10.6 Å². The number of rotatable bonds is 2. The van der Waals surface area contributed by atoms with Crippen molar-refractivity contribution in [2.45, 2.75) is 38.3 Å². The van der Waals surface area contributed by atoms with Gasteiger partial charge in [-0.3, -0.25) is 0 Å². The third-order valence-corrected chi connectivity index (χ3v) is 3.49. The van der Waals surface area contributed by atoms with Gasteiger partial charge in [0.1, 0.15) is 6.07 Å². The highest BCUT2D eigenvalue weighted by atomic mass is 15.2. The standard InChI is InChI=1S/C14H19N3/c1-11(16)13-7-4-5-9-17(13)14-8-3-2-6-12(14)10-15/h2-3,6,8,11,13H,4-5,7,9,16H2,1H3. The second-order valence-corrected chi connectivity index (χ2v) is 4.74. The Hall–Kier alpha value is -1.53. The molecule has 3 nitrogen and oxygen atoms in total. The van der Waals surface area contributed by atoms with E-state index in [9.17, 15) is 0 Å². The van der Waals surface area contributed by atoms with Gasteiger partial charge in [-0.15, -0.1) is 0 Å². The number of nitriles is 1. The third kappa shape index (κ3) is 2.42. The lowest BCUT2D eigenvalue weighted by Gasteiger charge is -2.40. The Kier molecular flexibility index (Phi) is 3.65. The smallest absolute Gasteiger partial charge is 0.101 e. The van der Waals surface area contributed by atoms with Crippen LogP contribution in [0.4, 0.5) is 5.69 Å². The second kappa shape index (κ2) is 5.20. The Bertz CT molecular complexity index is 420. The molecular formula is C14H19N3. The van der Waals surface area contributed by atoms with Crippen molar-refractivity contribution in [3.8, 4) is 6.07 Å². The Morgan fingerprint density at radius 3 is 2.88 bits per heavy atom. The summed E-state index contributed by atoms with van der Waals surface area (Å²) in [7, 11) is 0. The number of anilines is 1. The molecule has 3 heteroatoms. The molecule has 1 saturated heterocycles. The lowest BCUT2D eigenvalue weighted by molar-refractivity contribution is 0.413. The fourth-order valence-electron chi connectivity index (χ4n) is 2.62. The van der Waals surface area contributed by atoms with Gasteiger partial charge in [0.05, 0.1) is 11.3 Å². The van der Waals surface area contributed by atoms with E-state index in [-0.39, 0.29) is 6.04 Å². The number of nitrogens with two attached hydrogens (primary N) is 1. The number of para-hydroxylation sites is 1. The highest BCUT2D eigenvalue weighted by molar-refractivity contribution is 5.60. The average molecular weight is 229 g/mol. The van der Waals surface area contributed by atoms with E-state index >= 15 is 0 Å². The van der Waals surface area contributed by atoms with Crippen LogP contribution in [0.3, 0.4) is 0 Å². The Morgan fingerprint density at radius 1 is 1.41 bits per heavy atom. The lowest BCUT2D eigenvalue weighted by Crippen LogP contribution is -2.49. The van der Waals surface area contributed by atoms with Gasteiger partial charge in [-0.2, -0.15) is 5.26 Å². The van der Waals surface area contributed by atoms with E-state index in [1.807, 2.05) is 24.3 Å². The molecule has 1 aromatic carbocycles. The zero-order chi connectivity index (χ0) is 12.3. The SMILES string of the molecule is CC(N)C1CCCCN1c1ccccc1C#N. The van der Waals surface area contributed by atoms with Crippen LogP contribution in [0.5, 0.6) is 0 Å². The summed E-state index contributed by atoms with van der Waals surface area (Å²) in [5, 5.41) is 9.17. The molecule has 17 heavy (non-hydrogen) atoms. The van der Waals surface area contributed by atoms with E-state index in [2.05, 4.69) is 17.9 Å². The first-order valence-electron chi connectivity index (χ1n) is 6.25. The van der Waals surface area contributed by atoms with Crippen LogP contribution in [0.1, 0.15) is 31.7 Å². The van der Waals surface area contributed by atoms with Crippen molar-refractivity contribution < 1.29 is 0 Å². The van der Waals surface area contributed by atoms with Gasteiger partial charge in [0.2, 0.25) is 0 Å². The topological polar surface area (TPSA) is 53.0 Å². The summed E-state index contributed by atoms with van der Waals surface area (Å²) in [6.07, 6.45) is 3.54. The van der Waals surface area contributed by atoms with Gasteiger partial charge in [0.15, 0.2) is 0 Å². The molecule has 2 rings (SSSR count). The van der Waals surface area contributed by atoms with E-state index in [0.717, 1.165) is 24.2 Å². The van der Waals surface area contributed by atoms with Gasteiger partial charge < -0.3 is 10.6 Å². The monoisotopic (exact) mass is 229 g/mol. The van der Waals surface area contributed by atoms with Gasteiger partial charge in [-0.05, 0) is 38.3 Å². The lowest BCUT2D eigenvalue weighted by atomic mass is 9.95. The predicted octanol–water partition coefficient (Wildman–Crippen LogP) is 2.26. The van der Waals surface area contributed by atoms with Gasteiger partial charge in [-0.1, -0.05) is 12.1 Å². The molecule has 1 aromatic rings. The molecule has 2 unspecified atom stereocenters. The van der Waals surface area contributed by atoms with Crippen LogP contribution >= 0.6 is 0 Å². The molecule has 1 aliphatic rings. The van der Waals surface area contributed by atoms with Crippen LogP contribution in [0, 0.1) is 11.3 Å². The molecule has 0 spiro atoms. The van der Waals surface area contributed by atoms with Crippen molar-refractivity contribution >= 4 is 5.69 Å². The predicted molar refractivity (Wildman–Crippen MR) is 69.8 cm³/mol. The Morgan fingerprint density at radius 2 is 2.18 bits per heavy atom. The van der Waals surface area contributed by atoms with Crippen LogP contribution in [0.15, 0.2) is 24.3 Å². The fourth-order valence-corrected chi connectivity index (χ4v) is 2.62. The first-order valence-corrected chi connectivity index (χ1v) is 6.25. The summed E-state index contributed by atoms with van der Waals surface area (Å²) in [5.74, 6) is 0. The summed E-state index contributed by atoms with van der Waals surface area (Å²) in [6, 6.07) is 10.6. The molecule has 0 amide bonds. The number of nitrogens with zero attached hydrogens (tertiary/aromatic N) is 2.